The summed E-state index contributed by atoms with van der Waals surface area (Å²) < 4.78 is 6.55. The standard InChI is InChI=1S/C37H32N6O4/c1-23-13-16-28-29(10-4-12-31(28)41-34(44)26-15-14-24-7-2-3-8-25(24)21-26)33(23)47-35-30(11-5-18-38-35)32-17-19-39-36(42-32)40-27-9-6-20-43(22-27)37(45)46/h2-5,7-8,10-19,21,27H,6,9,20,22H2,1H3,(H,41,44)(H,45,46)(H,39,40,42)/t27-/m0/s1. The summed E-state index contributed by atoms with van der Waals surface area (Å²) in [7, 11) is 0. The zero-order valence-corrected chi connectivity index (χ0v) is 25.7. The Morgan fingerprint density at radius 2 is 1.77 bits per heavy atom. The quantitative estimate of drug-likeness (QED) is 0.164. The van der Waals surface area contributed by atoms with E-state index >= 15 is 0 Å². The third-order valence-corrected chi connectivity index (χ3v) is 8.40. The normalized spacial score (nSPS) is 14.6. The second-order valence-electron chi connectivity index (χ2n) is 11.6. The molecule has 7 rings (SSSR count). The predicted molar refractivity (Wildman–Crippen MR) is 182 cm³/mol. The molecule has 3 N–H and O–H groups in total. The molecule has 0 spiro atoms. The fraction of sp³-hybridized carbons (Fsp3) is 0.162. The first-order chi connectivity index (χ1) is 22.9. The Labute approximate surface area is 271 Å². The summed E-state index contributed by atoms with van der Waals surface area (Å²) in [6, 6.07) is 28.7. The number of hydrogen-bond acceptors (Lipinski definition) is 7. The number of pyridine rings is 1. The monoisotopic (exact) mass is 624 g/mol. The number of carbonyl (C=O) groups excluding carboxylic acids is 1. The SMILES string of the molecule is Cc1ccc2c(NC(=O)c3ccc4ccccc4c3)cccc2c1Oc1ncccc1-c1ccnc(N[C@H]2CCCN(C(=O)O)C2)n1. The Morgan fingerprint density at radius 3 is 2.64 bits per heavy atom. The average molecular weight is 625 g/mol. The number of likely N-dealkylation sites (tertiary alicyclic amines) is 1. The van der Waals surface area contributed by atoms with Crippen molar-refractivity contribution < 1.29 is 19.4 Å². The van der Waals surface area contributed by atoms with Crippen LogP contribution in [0.25, 0.3) is 32.8 Å². The minimum Gasteiger partial charge on any atom is -0.465 e. The van der Waals surface area contributed by atoms with E-state index in [-0.39, 0.29) is 11.9 Å². The summed E-state index contributed by atoms with van der Waals surface area (Å²) in [6.45, 7) is 2.86. The van der Waals surface area contributed by atoms with Gasteiger partial charge in [0.1, 0.15) is 5.75 Å². The van der Waals surface area contributed by atoms with E-state index in [2.05, 4.69) is 20.6 Å². The van der Waals surface area contributed by atoms with Crippen LogP contribution in [0.5, 0.6) is 11.6 Å². The minimum absolute atomic E-state index is 0.0889. The van der Waals surface area contributed by atoms with Crippen molar-refractivity contribution >= 4 is 45.2 Å². The molecular formula is C37H32N6O4. The number of ether oxygens (including phenoxy) is 1. The number of anilines is 2. The summed E-state index contributed by atoms with van der Waals surface area (Å²) in [5, 5.41) is 19.5. The van der Waals surface area contributed by atoms with Crippen molar-refractivity contribution in [1.29, 1.82) is 0 Å². The summed E-state index contributed by atoms with van der Waals surface area (Å²) in [4.78, 5) is 39.9. The van der Waals surface area contributed by atoms with Crippen LogP contribution in [0.1, 0.15) is 28.8 Å². The molecule has 2 aromatic heterocycles. The first-order valence-electron chi connectivity index (χ1n) is 15.5. The molecule has 1 aliphatic rings. The van der Waals surface area contributed by atoms with Crippen LogP contribution in [0, 0.1) is 6.92 Å². The van der Waals surface area contributed by atoms with Crippen molar-refractivity contribution in [1.82, 2.24) is 19.9 Å². The summed E-state index contributed by atoms with van der Waals surface area (Å²) in [5.74, 6) is 1.19. The summed E-state index contributed by atoms with van der Waals surface area (Å²) >= 11 is 0. The Balaban J connectivity index is 1.16. The van der Waals surface area contributed by atoms with E-state index in [1.165, 1.54) is 4.90 Å². The molecule has 4 aromatic carbocycles. The number of carboxylic acid groups (broad SMARTS) is 1. The largest absolute Gasteiger partial charge is 0.465 e. The van der Waals surface area contributed by atoms with Gasteiger partial charge in [0.15, 0.2) is 0 Å². The molecular weight excluding hydrogens is 592 g/mol. The van der Waals surface area contributed by atoms with Crippen molar-refractivity contribution in [2.24, 2.45) is 0 Å². The molecule has 47 heavy (non-hydrogen) atoms. The highest BCUT2D eigenvalue weighted by Gasteiger charge is 2.24. The van der Waals surface area contributed by atoms with E-state index in [4.69, 9.17) is 9.72 Å². The Kier molecular flexibility index (Phi) is 8.06. The van der Waals surface area contributed by atoms with Gasteiger partial charge in [-0.1, -0.05) is 54.6 Å². The minimum atomic E-state index is -0.925. The van der Waals surface area contributed by atoms with Crippen molar-refractivity contribution in [3.8, 4) is 22.9 Å². The van der Waals surface area contributed by atoms with Crippen LogP contribution in [0.2, 0.25) is 0 Å². The molecule has 0 radical (unpaired) electrons. The van der Waals surface area contributed by atoms with Gasteiger partial charge in [-0.2, -0.15) is 0 Å². The zero-order valence-electron chi connectivity index (χ0n) is 25.7. The Hall–Kier alpha value is -6.03. The van der Waals surface area contributed by atoms with Gasteiger partial charge in [-0.3, -0.25) is 4.79 Å². The molecule has 0 unspecified atom stereocenters. The lowest BCUT2D eigenvalue weighted by Gasteiger charge is -2.31. The van der Waals surface area contributed by atoms with Crippen molar-refractivity contribution in [3.05, 3.63) is 115 Å². The number of hydrogen-bond donors (Lipinski definition) is 3. The van der Waals surface area contributed by atoms with E-state index < -0.39 is 6.09 Å². The highest BCUT2D eigenvalue weighted by Crippen LogP contribution is 2.38. The van der Waals surface area contributed by atoms with Gasteiger partial charge in [0.2, 0.25) is 11.8 Å². The molecule has 3 heterocycles. The lowest BCUT2D eigenvalue weighted by molar-refractivity contribution is 0.102. The third kappa shape index (κ3) is 6.26. The highest BCUT2D eigenvalue weighted by molar-refractivity contribution is 6.11. The molecule has 0 saturated carbocycles. The fourth-order valence-corrected chi connectivity index (χ4v) is 6.00. The maximum atomic E-state index is 13.3. The van der Waals surface area contributed by atoms with Gasteiger partial charge in [0.05, 0.1) is 11.3 Å². The van der Waals surface area contributed by atoms with Crippen LogP contribution < -0.4 is 15.4 Å². The average Bonchev–Trinajstić information content (AvgIpc) is 3.10. The number of amides is 2. The first-order valence-corrected chi connectivity index (χ1v) is 15.5. The molecule has 0 bridgehead atoms. The van der Waals surface area contributed by atoms with E-state index in [0.717, 1.165) is 39.9 Å². The molecule has 1 aliphatic heterocycles. The number of benzene rings is 4. The number of aromatic nitrogens is 3. The lowest BCUT2D eigenvalue weighted by atomic mass is 10.0. The number of fused-ring (bicyclic) bond motifs is 2. The van der Waals surface area contributed by atoms with E-state index in [0.29, 0.717) is 53.2 Å². The van der Waals surface area contributed by atoms with Gasteiger partial charge >= 0.3 is 6.09 Å². The van der Waals surface area contributed by atoms with Crippen molar-refractivity contribution in [2.75, 3.05) is 23.7 Å². The molecule has 6 aromatic rings. The molecule has 1 atom stereocenters. The Morgan fingerprint density at radius 1 is 0.894 bits per heavy atom. The van der Waals surface area contributed by atoms with Gasteiger partial charge in [0.25, 0.3) is 5.91 Å². The second kappa shape index (κ2) is 12.8. The van der Waals surface area contributed by atoms with Crippen LogP contribution >= 0.6 is 0 Å². The van der Waals surface area contributed by atoms with Crippen LogP contribution in [0.4, 0.5) is 16.4 Å². The second-order valence-corrected chi connectivity index (χ2v) is 11.6. The molecule has 234 valence electrons. The number of aryl methyl sites for hydroxylation is 1. The van der Waals surface area contributed by atoms with Crippen LogP contribution in [0.3, 0.4) is 0 Å². The van der Waals surface area contributed by atoms with Gasteiger partial charge in [-0.25, -0.2) is 19.7 Å². The fourth-order valence-electron chi connectivity index (χ4n) is 6.00. The van der Waals surface area contributed by atoms with Gasteiger partial charge in [-0.15, -0.1) is 0 Å². The molecule has 0 aliphatic carbocycles. The Bertz CT molecular complexity index is 2130. The number of carbonyl (C=O) groups is 2. The van der Waals surface area contributed by atoms with Crippen LogP contribution in [-0.2, 0) is 0 Å². The molecule has 10 heteroatoms. The molecule has 1 fully saturated rings. The van der Waals surface area contributed by atoms with Gasteiger partial charge < -0.3 is 25.4 Å². The molecule has 1 saturated heterocycles. The van der Waals surface area contributed by atoms with E-state index in [1.807, 2.05) is 91.9 Å². The maximum Gasteiger partial charge on any atom is 0.407 e. The zero-order chi connectivity index (χ0) is 32.3. The molecule has 10 nitrogen and oxygen atoms in total. The highest BCUT2D eigenvalue weighted by atomic mass is 16.5. The summed E-state index contributed by atoms with van der Waals surface area (Å²) in [6.07, 6.45) is 3.99. The van der Waals surface area contributed by atoms with Crippen LogP contribution in [0.15, 0.2) is 103 Å². The van der Waals surface area contributed by atoms with Gasteiger partial charge in [-0.05, 0) is 72.5 Å². The number of nitrogens with zero attached hydrogens (tertiary/aromatic N) is 4. The van der Waals surface area contributed by atoms with Crippen LogP contribution in [-0.4, -0.2) is 56.1 Å². The number of nitrogens with one attached hydrogen (secondary N) is 2. The number of rotatable bonds is 7. The smallest absolute Gasteiger partial charge is 0.407 e. The van der Waals surface area contributed by atoms with E-state index in [9.17, 15) is 14.7 Å². The number of piperidine rings is 1. The summed E-state index contributed by atoms with van der Waals surface area (Å²) in [5.41, 5.74) is 3.42. The molecule has 2 amide bonds. The maximum absolute atomic E-state index is 13.3. The third-order valence-electron chi connectivity index (χ3n) is 8.40. The predicted octanol–water partition coefficient (Wildman–Crippen LogP) is 7.75. The lowest BCUT2D eigenvalue weighted by Crippen LogP contribution is -2.44. The van der Waals surface area contributed by atoms with E-state index in [1.54, 1.807) is 18.5 Å². The van der Waals surface area contributed by atoms with Gasteiger partial charge in [0, 0.05) is 53.5 Å². The topological polar surface area (TPSA) is 130 Å². The first kappa shape index (κ1) is 29.7. The van der Waals surface area contributed by atoms with Crippen molar-refractivity contribution in [2.45, 2.75) is 25.8 Å². The van der Waals surface area contributed by atoms with Crippen molar-refractivity contribution in [3.63, 3.8) is 0 Å².